The summed E-state index contributed by atoms with van der Waals surface area (Å²) in [6, 6.07) is 14.4. The van der Waals surface area contributed by atoms with Crippen molar-refractivity contribution >= 4 is 33.1 Å². The third kappa shape index (κ3) is 4.46. The average Bonchev–Trinajstić information content (AvgIpc) is 2.69. The van der Waals surface area contributed by atoms with Crippen LogP contribution in [-0.4, -0.2) is 27.1 Å². The molecule has 0 atom stereocenters. The van der Waals surface area contributed by atoms with Gasteiger partial charge >= 0.3 is 0 Å². The molecule has 2 aromatic carbocycles. The Kier molecular flexibility index (Phi) is 5.43. The first-order chi connectivity index (χ1) is 13.0. The number of hydrogen-bond donors (Lipinski definition) is 2. The molecule has 1 heterocycles. The van der Waals surface area contributed by atoms with Gasteiger partial charge in [-0.3, -0.25) is 9.59 Å². The Hall–Kier alpha value is -3.30. The van der Waals surface area contributed by atoms with Gasteiger partial charge in [0.05, 0.1) is 28.6 Å². The Labute approximate surface area is 154 Å². The zero-order chi connectivity index (χ0) is 19.3. The molecular formula is C18H15N3O5S. The van der Waals surface area contributed by atoms with Gasteiger partial charge in [-0.1, -0.05) is 30.3 Å². The molecule has 0 aliphatic carbocycles. The smallest absolute Gasteiger partial charge is 0.255 e. The minimum absolute atomic E-state index is 0.0510. The summed E-state index contributed by atoms with van der Waals surface area (Å²) in [5.74, 6) is -0.684. The highest BCUT2D eigenvalue weighted by atomic mass is 32.2. The van der Waals surface area contributed by atoms with Gasteiger partial charge in [-0.05, 0) is 24.3 Å². The third-order valence-electron chi connectivity index (χ3n) is 3.58. The summed E-state index contributed by atoms with van der Waals surface area (Å²) >= 11 is 0. The van der Waals surface area contributed by atoms with Crippen molar-refractivity contribution in [3.8, 4) is 0 Å². The minimum Gasteiger partial charge on any atom is -0.463 e. The van der Waals surface area contributed by atoms with E-state index in [-0.39, 0.29) is 15.9 Å². The van der Waals surface area contributed by atoms with E-state index in [1.807, 2.05) is 0 Å². The molecule has 0 aliphatic rings. The number of rotatable bonds is 6. The van der Waals surface area contributed by atoms with Crippen LogP contribution < -0.4 is 15.6 Å². The Morgan fingerprint density at radius 1 is 1.07 bits per heavy atom. The number of benzene rings is 2. The predicted octanol–water partition coefficient (Wildman–Crippen LogP) is 1.22. The third-order valence-corrected chi connectivity index (χ3v) is 4.99. The number of carbonyl (C=O) groups is 1. The summed E-state index contributed by atoms with van der Waals surface area (Å²) < 4.78 is 31.5. The van der Waals surface area contributed by atoms with Crippen LogP contribution in [0.25, 0.3) is 11.0 Å². The standard InChI is InChI=1S/C18H15N3O5S/c22-17(11-20-27(24,25)14-6-2-1-3-7-14)21-19-10-13-12-26-16-9-5-4-8-15(16)18(13)23/h1-10,12,20H,11H2,(H,21,22)/b19-10-. The maximum Gasteiger partial charge on any atom is 0.255 e. The van der Waals surface area contributed by atoms with Gasteiger partial charge in [-0.2, -0.15) is 5.10 Å². The van der Waals surface area contributed by atoms with Gasteiger partial charge < -0.3 is 4.42 Å². The fourth-order valence-corrected chi connectivity index (χ4v) is 3.24. The van der Waals surface area contributed by atoms with E-state index < -0.39 is 22.5 Å². The molecule has 2 N–H and O–H groups in total. The molecule has 0 saturated heterocycles. The number of carbonyl (C=O) groups excluding carboxylic acids is 1. The van der Waals surface area contributed by atoms with Crippen LogP contribution in [0.2, 0.25) is 0 Å². The normalized spacial score (nSPS) is 11.7. The number of fused-ring (bicyclic) bond motifs is 1. The summed E-state index contributed by atoms with van der Waals surface area (Å²) in [5.41, 5.74) is 2.46. The first kappa shape index (κ1) is 18.5. The Morgan fingerprint density at radius 3 is 2.56 bits per heavy atom. The molecular weight excluding hydrogens is 370 g/mol. The lowest BCUT2D eigenvalue weighted by molar-refractivity contribution is -0.119. The molecule has 0 aliphatic heterocycles. The maximum absolute atomic E-state index is 12.3. The summed E-state index contributed by atoms with van der Waals surface area (Å²) in [4.78, 5) is 24.1. The van der Waals surface area contributed by atoms with Crippen molar-refractivity contribution in [3.05, 3.63) is 76.6 Å². The van der Waals surface area contributed by atoms with Crippen molar-refractivity contribution in [1.29, 1.82) is 0 Å². The van der Waals surface area contributed by atoms with Gasteiger partial charge in [0, 0.05) is 0 Å². The van der Waals surface area contributed by atoms with Gasteiger partial charge in [0.2, 0.25) is 15.5 Å². The monoisotopic (exact) mass is 385 g/mol. The number of nitrogens with zero attached hydrogens (tertiary/aromatic N) is 1. The van der Waals surface area contributed by atoms with E-state index in [1.165, 1.54) is 18.4 Å². The highest BCUT2D eigenvalue weighted by Crippen LogP contribution is 2.09. The first-order valence-corrected chi connectivity index (χ1v) is 9.33. The van der Waals surface area contributed by atoms with E-state index >= 15 is 0 Å². The van der Waals surface area contributed by atoms with Gasteiger partial charge in [0.25, 0.3) is 5.91 Å². The summed E-state index contributed by atoms with van der Waals surface area (Å²) in [7, 11) is -3.79. The molecule has 0 saturated carbocycles. The van der Waals surface area contributed by atoms with Crippen molar-refractivity contribution in [1.82, 2.24) is 10.1 Å². The fourth-order valence-electron chi connectivity index (χ4n) is 2.24. The van der Waals surface area contributed by atoms with Crippen LogP contribution in [0.3, 0.4) is 0 Å². The number of sulfonamides is 1. The van der Waals surface area contributed by atoms with Crippen LogP contribution in [0.4, 0.5) is 0 Å². The van der Waals surface area contributed by atoms with Crippen LogP contribution in [0, 0.1) is 0 Å². The number of amides is 1. The second kappa shape index (κ2) is 7.94. The van der Waals surface area contributed by atoms with Crippen molar-refractivity contribution < 1.29 is 17.6 Å². The number of hydrazone groups is 1. The zero-order valence-corrected chi connectivity index (χ0v) is 14.8. The summed E-state index contributed by atoms with van der Waals surface area (Å²) in [5, 5.41) is 4.06. The SMILES string of the molecule is O=C(CNS(=O)(=O)c1ccccc1)N/N=C\c1coc2ccccc2c1=O. The molecule has 0 fully saturated rings. The molecule has 1 amide bonds. The Morgan fingerprint density at radius 2 is 1.78 bits per heavy atom. The molecule has 1 aromatic heterocycles. The summed E-state index contributed by atoms with van der Waals surface area (Å²) in [6.07, 6.45) is 2.38. The van der Waals surface area contributed by atoms with Gasteiger partial charge in [0.1, 0.15) is 11.8 Å². The molecule has 27 heavy (non-hydrogen) atoms. The maximum atomic E-state index is 12.3. The molecule has 138 valence electrons. The molecule has 0 spiro atoms. The Bertz CT molecular complexity index is 1150. The minimum atomic E-state index is -3.79. The van der Waals surface area contributed by atoms with Crippen molar-refractivity contribution in [2.24, 2.45) is 5.10 Å². The van der Waals surface area contributed by atoms with Crippen LogP contribution in [-0.2, 0) is 14.8 Å². The highest BCUT2D eigenvalue weighted by molar-refractivity contribution is 7.89. The van der Waals surface area contributed by atoms with Crippen molar-refractivity contribution in [2.45, 2.75) is 4.90 Å². The number of nitrogens with one attached hydrogen (secondary N) is 2. The van der Waals surface area contributed by atoms with Gasteiger partial charge in [-0.15, -0.1) is 0 Å². The molecule has 0 unspecified atom stereocenters. The van der Waals surface area contributed by atoms with Crippen molar-refractivity contribution in [3.63, 3.8) is 0 Å². The van der Waals surface area contributed by atoms with Crippen LogP contribution in [0.15, 0.2) is 80.1 Å². The lowest BCUT2D eigenvalue weighted by atomic mass is 10.2. The van der Waals surface area contributed by atoms with E-state index in [2.05, 4.69) is 15.2 Å². The van der Waals surface area contributed by atoms with E-state index in [4.69, 9.17) is 4.42 Å². The van der Waals surface area contributed by atoms with E-state index in [9.17, 15) is 18.0 Å². The van der Waals surface area contributed by atoms with Gasteiger partial charge in [-0.25, -0.2) is 18.6 Å². The van der Waals surface area contributed by atoms with E-state index in [0.29, 0.717) is 11.0 Å². The average molecular weight is 385 g/mol. The van der Waals surface area contributed by atoms with Crippen molar-refractivity contribution in [2.75, 3.05) is 6.54 Å². The first-order valence-electron chi connectivity index (χ1n) is 7.84. The lowest BCUT2D eigenvalue weighted by Gasteiger charge is -2.05. The second-order valence-corrected chi connectivity index (χ2v) is 7.21. The van der Waals surface area contributed by atoms with E-state index in [0.717, 1.165) is 6.21 Å². The molecule has 0 bridgehead atoms. The molecule has 8 nitrogen and oxygen atoms in total. The zero-order valence-electron chi connectivity index (χ0n) is 14.0. The lowest BCUT2D eigenvalue weighted by Crippen LogP contribution is -2.35. The topological polar surface area (TPSA) is 118 Å². The fraction of sp³-hybridized carbons (Fsp3) is 0.0556. The van der Waals surface area contributed by atoms with Gasteiger partial charge in [0.15, 0.2) is 0 Å². The van der Waals surface area contributed by atoms with Crippen LogP contribution in [0.5, 0.6) is 0 Å². The summed E-state index contributed by atoms with van der Waals surface area (Å²) in [6.45, 7) is -0.499. The number of para-hydroxylation sites is 1. The van der Waals surface area contributed by atoms with Crippen LogP contribution >= 0.6 is 0 Å². The number of hydrogen-bond acceptors (Lipinski definition) is 6. The van der Waals surface area contributed by atoms with E-state index in [1.54, 1.807) is 42.5 Å². The second-order valence-electron chi connectivity index (χ2n) is 5.45. The molecule has 0 radical (unpaired) electrons. The quantitative estimate of drug-likeness (QED) is 0.489. The molecule has 3 aromatic rings. The Balaban J connectivity index is 1.61. The molecule has 3 rings (SSSR count). The molecule has 9 heteroatoms. The largest absolute Gasteiger partial charge is 0.463 e. The predicted molar refractivity (Wildman–Crippen MR) is 99.9 cm³/mol. The van der Waals surface area contributed by atoms with Crippen LogP contribution in [0.1, 0.15) is 5.56 Å². The highest BCUT2D eigenvalue weighted by Gasteiger charge is 2.14.